The minimum atomic E-state index is 0.779. The zero-order valence-corrected chi connectivity index (χ0v) is 13.2. The van der Waals surface area contributed by atoms with E-state index in [2.05, 4.69) is 45.9 Å². The van der Waals surface area contributed by atoms with E-state index in [4.69, 9.17) is 0 Å². The van der Waals surface area contributed by atoms with Gasteiger partial charge in [0, 0.05) is 37.1 Å². The maximum Gasteiger partial charge on any atom is 0.0248 e. The molecule has 1 aliphatic carbocycles. The van der Waals surface area contributed by atoms with Crippen molar-refractivity contribution in [2.75, 3.05) is 6.54 Å². The summed E-state index contributed by atoms with van der Waals surface area (Å²) >= 11 is 1.92. The number of thiophene rings is 1. The zero-order valence-electron chi connectivity index (χ0n) is 12.3. The van der Waals surface area contributed by atoms with Crippen LogP contribution < -0.4 is 5.32 Å². The van der Waals surface area contributed by atoms with Crippen molar-refractivity contribution in [1.82, 2.24) is 10.2 Å². The summed E-state index contributed by atoms with van der Waals surface area (Å²) in [4.78, 5) is 4.18. The van der Waals surface area contributed by atoms with E-state index in [9.17, 15) is 0 Å². The highest BCUT2D eigenvalue weighted by Crippen LogP contribution is 2.26. The second-order valence-corrected chi connectivity index (χ2v) is 7.25. The number of nitrogens with one attached hydrogen (secondary N) is 1. The Hall–Kier alpha value is -1.16. The van der Waals surface area contributed by atoms with Crippen LogP contribution in [0.3, 0.4) is 0 Å². The molecule has 0 saturated heterocycles. The molecular formula is C18H22N2S. The quantitative estimate of drug-likeness (QED) is 0.908. The maximum atomic E-state index is 3.65. The van der Waals surface area contributed by atoms with Gasteiger partial charge in [0.25, 0.3) is 0 Å². The summed E-state index contributed by atoms with van der Waals surface area (Å²) < 4.78 is 0. The molecule has 1 aromatic heterocycles. The van der Waals surface area contributed by atoms with Crippen molar-refractivity contribution in [2.24, 2.45) is 0 Å². The second-order valence-electron chi connectivity index (χ2n) is 6.25. The van der Waals surface area contributed by atoms with Gasteiger partial charge in [-0.05, 0) is 47.4 Å². The van der Waals surface area contributed by atoms with Gasteiger partial charge in [-0.1, -0.05) is 24.3 Å². The van der Waals surface area contributed by atoms with Gasteiger partial charge >= 0.3 is 0 Å². The number of fused-ring (bicyclic) bond motifs is 1. The van der Waals surface area contributed by atoms with Crippen LogP contribution in [0.1, 0.15) is 34.4 Å². The average Bonchev–Trinajstić information content (AvgIpc) is 3.22. The van der Waals surface area contributed by atoms with Crippen molar-refractivity contribution in [2.45, 2.75) is 44.9 Å². The number of rotatable bonds is 5. The van der Waals surface area contributed by atoms with Crippen molar-refractivity contribution in [1.29, 1.82) is 0 Å². The SMILES string of the molecule is c1ccc(CN2CCc3sccc3C2)c(CNC2CC2)c1. The molecule has 0 spiro atoms. The third-order valence-electron chi connectivity index (χ3n) is 4.56. The molecule has 1 fully saturated rings. The van der Waals surface area contributed by atoms with Gasteiger partial charge in [0.2, 0.25) is 0 Å². The van der Waals surface area contributed by atoms with E-state index in [1.54, 1.807) is 10.4 Å². The predicted molar refractivity (Wildman–Crippen MR) is 88.4 cm³/mol. The molecule has 4 rings (SSSR count). The topological polar surface area (TPSA) is 15.3 Å². The number of benzene rings is 1. The van der Waals surface area contributed by atoms with Crippen molar-refractivity contribution >= 4 is 11.3 Å². The monoisotopic (exact) mass is 298 g/mol. The van der Waals surface area contributed by atoms with Gasteiger partial charge < -0.3 is 5.32 Å². The molecule has 2 aliphatic rings. The highest BCUT2D eigenvalue weighted by molar-refractivity contribution is 7.10. The second kappa shape index (κ2) is 5.91. The first-order valence-electron chi connectivity index (χ1n) is 7.96. The molecule has 1 aliphatic heterocycles. The Labute approximate surface area is 130 Å². The first-order valence-corrected chi connectivity index (χ1v) is 8.84. The van der Waals surface area contributed by atoms with Gasteiger partial charge in [-0.25, -0.2) is 0 Å². The van der Waals surface area contributed by atoms with Crippen molar-refractivity contribution in [3.05, 3.63) is 57.3 Å². The summed E-state index contributed by atoms with van der Waals surface area (Å²) in [5, 5.41) is 5.88. The average molecular weight is 298 g/mol. The molecule has 0 unspecified atom stereocenters. The van der Waals surface area contributed by atoms with Gasteiger partial charge in [-0.15, -0.1) is 11.3 Å². The number of nitrogens with zero attached hydrogens (tertiary/aromatic N) is 1. The molecule has 2 nitrogen and oxygen atoms in total. The molecular weight excluding hydrogens is 276 g/mol. The lowest BCUT2D eigenvalue weighted by atomic mass is 10.0. The molecule has 1 N–H and O–H groups in total. The van der Waals surface area contributed by atoms with Crippen molar-refractivity contribution in [3.8, 4) is 0 Å². The van der Waals surface area contributed by atoms with E-state index in [1.165, 1.54) is 36.9 Å². The van der Waals surface area contributed by atoms with E-state index in [0.29, 0.717) is 0 Å². The fourth-order valence-corrected chi connectivity index (χ4v) is 4.00. The van der Waals surface area contributed by atoms with Crippen LogP contribution >= 0.6 is 11.3 Å². The lowest BCUT2D eigenvalue weighted by Crippen LogP contribution is -2.29. The summed E-state index contributed by atoms with van der Waals surface area (Å²) in [5.74, 6) is 0. The fraction of sp³-hybridized carbons (Fsp3) is 0.444. The molecule has 1 aromatic carbocycles. The van der Waals surface area contributed by atoms with Crippen LogP contribution in [-0.2, 0) is 26.1 Å². The summed E-state index contributed by atoms with van der Waals surface area (Å²) in [6, 6.07) is 12.0. The summed E-state index contributed by atoms with van der Waals surface area (Å²) in [7, 11) is 0. The van der Waals surface area contributed by atoms with Crippen LogP contribution in [0.2, 0.25) is 0 Å². The van der Waals surface area contributed by atoms with E-state index < -0.39 is 0 Å². The lowest BCUT2D eigenvalue weighted by Gasteiger charge is -2.27. The van der Waals surface area contributed by atoms with Crippen LogP contribution in [0.4, 0.5) is 0 Å². The van der Waals surface area contributed by atoms with E-state index in [1.807, 2.05) is 11.3 Å². The van der Waals surface area contributed by atoms with Crippen molar-refractivity contribution in [3.63, 3.8) is 0 Å². The summed E-state index contributed by atoms with van der Waals surface area (Å²) in [6.45, 7) is 4.41. The smallest absolute Gasteiger partial charge is 0.0248 e. The largest absolute Gasteiger partial charge is 0.310 e. The Morgan fingerprint density at radius 3 is 2.86 bits per heavy atom. The molecule has 110 valence electrons. The Kier molecular flexibility index (Phi) is 3.80. The molecule has 2 aromatic rings. The zero-order chi connectivity index (χ0) is 14.1. The van der Waals surface area contributed by atoms with E-state index >= 15 is 0 Å². The van der Waals surface area contributed by atoms with Gasteiger partial charge in [-0.3, -0.25) is 4.90 Å². The molecule has 0 amide bonds. The molecule has 1 saturated carbocycles. The Morgan fingerprint density at radius 2 is 2.00 bits per heavy atom. The third kappa shape index (κ3) is 3.20. The predicted octanol–water partition coefficient (Wildman–Crippen LogP) is 3.56. The lowest BCUT2D eigenvalue weighted by molar-refractivity contribution is 0.246. The van der Waals surface area contributed by atoms with Crippen molar-refractivity contribution < 1.29 is 0 Å². The van der Waals surface area contributed by atoms with Gasteiger partial charge in [0.15, 0.2) is 0 Å². The first-order chi connectivity index (χ1) is 10.4. The van der Waals surface area contributed by atoms with Gasteiger partial charge in [0.05, 0.1) is 0 Å². The standard InChI is InChI=1S/C18H22N2S/c1-2-4-15(14(3-1)11-19-17-5-6-17)12-20-9-7-18-16(13-20)8-10-21-18/h1-4,8,10,17,19H,5-7,9,11-13H2. The Morgan fingerprint density at radius 1 is 1.14 bits per heavy atom. The van der Waals surface area contributed by atoms with Crippen LogP contribution in [-0.4, -0.2) is 17.5 Å². The molecule has 0 radical (unpaired) electrons. The molecule has 0 atom stereocenters. The van der Waals surface area contributed by atoms with Gasteiger partial charge in [-0.2, -0.15) is 0 Å². The Balaban J connectivity index is 1.44. The van der Waals surface area contributed by atoms with Crippen LogP contribution in [0, 0.1) is 0 Å². The summed E-state index contributed by atoms with van der Waals surface area (Å²) in [5.41, 5.74) is 4.50. The van der Waals surface area contributed by atoms with Crippen LogP contribution in [0.25, 0.3) is 0 Å². The third-order valence-corrected chi connectivity index (χ3v) is 5.58. The van der Waals surface area contributed by atoms with Gasteiger partial charge in [0.1, 0.15) is 0 Å². The first kappa shape index (κ1) is 13.5. The van der Waals surface area contributed by atoms with Crippen LogP contribution in [0.15, 0.2) is 35.7 Å². The number of hydrogen-bond acceptors (Lipinski definition) is 3. The minimum absolute atomic E-state index is 0.779. The van der Waals surface area contributed by atoms with E-state index in [-0.39, 0.29) is 0 Å². The molecule has 3 heteroatoms. The van der Waals surface area contributed by atoms with E-state index in [0.717, 1.165) is 25.7 Å². The number of hydrogen-bond donors (Lipinski definition) is 1. The minimum Gasteiger partial charge on any atom is -0.310 e. The summed E-state index contributed by atoms with van der Waals surface area (Å²) in [6.07, 6.45) is 3.93. The molecule has 21 heavy (non-hydrogen) atoms. The molecule has 0 bridgehead atoms. The molecule has 2 heterocycles. The maximum absolute atomic E-state index is 3.65. The Bertz CT molecular complexity index is 615. The highest BCUT2D eigenvalue weighted by Gasteiger charge is 2.21. The highest BCUT2D eigenvalue weighted by atomic mass is 32.1. The fourth-order valence-electron chi connectivity index (χ4n) is 3.11. The normalized spacial score (nSPS) is 18.7. The van der Waals surface area contributed by atoms with Crippen LogP contribution in [0.5, 0.6) is 0 Å².